The quantitative estimate of drug-likeness (QED) is 0.308. The van der Waals surface area contributed by atoms with E-state index in [1.807, 2.05) is 0 Å². The zero-order valence-electron chi connectivity index (χ0n) is 17.0. The summed E-state index contributed by atoms with van der Waals surface area (Å²) in [6.45, 7) is 2.84. The van der Waals surface area contributed by atoms with Crippen molar-refractivity contribution in [2.75, 3.05) is 11.9 Å². The summed E-state index contributed by atoms with van der Waals surface area (Å²) in [6, 6.07) is 5.92. The summed E-state index contributed by atoms with van der Waals surface area (Å²) < 4.78 is 0. The van der Waals surface area contributed by atoms with Gasteiger partial charge in [-0.25, -0.2) is 0 Å². The van der Waals surface area contributed by atoms with Gasteiger partial charge in [0, 0.05) is 10.7 Å². The number of halogens is 1. The van der Waals surface area contributed by atoms with Crippen LogP contribution in [0.1, 0.15) is 77.6 Å². The number of aliphatic carboxylic acids is 1. The van der Waals surface area contributed by atoms with Gasteiger partial charge in [0.25, 0.3) is 0 Å². The van der Waals surface area contributed by atoms with E-state index in [1.54, 1.807) is 24.3 Å². The maximum absolute atomic E-state index is 12.1. The molecule has 0 aliphatic rings. The molecular formula is C22H35ClN2O3. The van der Waals surface area contributed by atoms with Crippen molar-refractivity contribution in [1.29, 1.82) is 0 Å². The van der Waals surface area contributed by atoms with E-state index < -0.39 is 12.0 Å². The zero-order chi connectivity index (χ0) is 20.6. The molecule has 1 amide bonds. The van der Waals surface area contributed by atoms with Gasteiger partial charge < -0.3 is 15.7 Å². The van der Waals surface area contributed by atoms with E-state index in [1.165, 1.54) is 51.4 Å². The third-order valence-electron chi connectivity index (χ3n) is 4.72. The first kappa shape index (κ1) is 24.4. The Morgan fingerprint density at radius 2 is 1.61 bits per heavy atom. The van der Waals surface area contributed by atoms with E-state index in [4.69, 9.17) is 11.6 Å². The molecule has 0 saturated heterocycles. The largest absolute Gasteiger partial charge is 0.480 e. The third-order valence-corrected chi connectivity index (χ3v) is 4.95. The van der Waals surface area contributed by atoms with Crippen LogP contribution in [-0.4, -0.2) is 29.6 Å². The van der Waals surface area contributed by atoms with E-state index in [0.29, 0.717) is 17.3 Å². The predicted molar refractivity (Wildman–Crippen MR) is 116 cm³/mol. The summed E-state index contributed by atoms with van der Waals surface area (Å²) in [7, 11) is 0. The van der Waals surface area contributed by atoms with E-state index >= 15 is 0 Å². The van der Waals surface area contributed by atoms with E-state index in [-0.39, 0.29) is 12.3 Å². The molecule has 3 N–H and O–H groups in total. The van der Waals surface area contributed by atoms with Gasteiger partial charge in [0.05, 0.1) is 6.42 Å². The summed E-state index contributed by atoms with van der Waals surface area (Å²) in [4.78, 5) is 23.5. The standard InChI is InChI=1S/C22H35ClN2O3/c1-2-3-4-5-6-7-8-9-10-11-15-24-20(22(27)28)17-21(26)25-19-14-12-13-18(23)16-19/h12-14,16,20,24H,2-11,15,17H2,1H3,(H,25,26)(H,27,28). The van der Waals surface area contributed by atoms with Crippen molar-refractivity contribution >= 4 is 29.2 Å². The average Bonchev–Trinajstić information content (AvgIpc) is 2.65. The third kappa shape index (κ3) is 12.0. The second-order valence-electron chi connectivity index (χ2n) is 7.29. The molecule has 1 aromatic rings. The number of benzene rings is 1. The normalized spacial score (nSPS) is 11.9. The molecule has 0 bridgehead atoms. The molecule has 0 aliphatic carbocycles. The van der Waals surface area contributed by atoms with Gasteiger partial charge in [-0.3, -0.25) is 9.59 Å². The molecule has 1 unspecified atom stereocenters. The predicted octanol–water partition coefficient (Wildman–Crippen LogP) is 5.63. The summed E-state index contributed by atoms with van der Waals surface area (Å²) >= 11 is 5.88. The molecule has 5 nitrogen and oxygen atoms in total. The number of anilines is 1. The number of unbranched alkanes of at least 4 members (excludes halogenated alkanes) is 9. The number of amides is 1. The van der Waals surface area contributed by atoms with Gasteiger partial charge in [0.15, 0.2) is 0 Å². The fourth-order valence-electron chi connectivity index (χ4n) is 3.10. The minimum Gasteiger partial charge on any atom is -0.480 e. The topological polar surface area (TPSA) is 78.4 Å². The molecule has 6 heteroatoms. The monoisotopic (exact) mass is 410 g/mol. The van der Waals surface area contributed by atoms with Gasteiger partial charge in [-0.05, 0) is 31.2 Å². The molecule has 0 heterocycles. The minimum absolute atomic E-state index is 0.112. The molecule has 0 aliphatic heterocycles. The van der Waals surface area contributed by atoms with Crippen LogP contribution in [0.25, 0.3) is 0 Å². The van der Waals surface area contributed by atoms with Gasteiger partial charge in [0.2, 0.25) is 5.91 Å². The Balaban J connectivity index is 2.14. The molecule has 0 fully saturated rings. The number of nitrogens with one attached hydrogen (secondary N) is 2. The Morgan fingerprint density at radius 3 is 2.18 bits per heavy atom. The van der Waals surface area contributed by atoms with Gasteiger partial charge in [0.1, 0.15) is 6.04 Å². The Bertz CT molecular complexity index is 581. The van der Waals surface area contributed by atoms with Gasteiger partial charge in [-0.1, -0.05) is 82.4 Å². The number of carboxylic acid groups (broad SMARTS) is 1. The van der Waals surface area contributed by atoms with Crippen LogP contribution >= 0.6 is 11.6 Å². The van der Waals surface area contributed by atoms with E-state index in [2.05, 4.69) is 17.6 Å². The number of rotatable bonds is 16. The van der Waals surface area contributed by atoms with Crippen molar-refractivity contribution in [2.24, 2.45) is 0 Å². The summed E-state index contributed by atoms with van der Waals surface area (Å²) in [5, 5.41) is 15.5. The first-order valence-electron chi connectivity index (χ1n) is 10.5. The molecule has 28 heavy (non-hydrogen) atoms. The lowest BCUT2D eigenvalue weighted by Crippen LogP contribution is -2.40. The summed E-state index contributed by atoms with van der Waals surface area (Å²) in [5.41, 5.74) is 0.566. The van der Waals surface area contributed by atoms with Crippen molar-refractivity contribution in [1.82, 2.24) is 5.32 Å². The van der Waals surface area contributed by atoms with Crippen LogP contribution in [0.2, 0.25) is 5.02 Å². The van der Waals surface area contributed by atoms with Gasteiger partial charge >= 0.3 is 5.97 Å². The summed E-state index contributed by atoms with van der Waals surface area (Å²) in [6.07, 6.45) is 12.3. The van der Waals surface area contributed by atoms with Crippen LogP contribution in [-0.2, 0) is 9.59 Å². The van der Waals surface area contributed by atoms with Crippen molar-refractivity contribution in [2.45, 2.75) is 83.6 Å². The highest BCUT2D eigenvalue weighted by atomic mass is 35.5. The van der Waals surface area contributed by atoms with Crippen LogP contribution in [0.3, 0.4) is 0 Å². The molecule has 0 aromatic heterocycles. The van der Waals surface area contributed by atoms with Crippen molar-refractivity contribution < 1.29 is 14.7 Å². The molecule has 158 valence electrons. The number of hydrogen-bond acceptors (Lipinski definition) is 3. The van der Waals surface area contributed by atoms with Gasteiger partial charge in [-0.2, -0.15) is 0 Å². The molecule has 1 atom stereocenters. The van der Waals surface area contributed by atoms with Crippen molar-refractivity contribution in [3.05, 3.63) is 29.3 Å². The highest BCUT2D eigenvalue weighted by Gasteiger charge is 2.20. The Kier molecular flexibility index (Phi) is 13.4. The fraction of sp³-hybridized carbons (Fsp3) is 0.636. The Labute approximate surface area is 174 Å². The van der Waals surface area contributed by atoms with Crippen molar-refractivity contribution in [3.63, 3.8) is 0 Å². The first-order chi connectivity index (χ1) is 13.5. The van der Waals surface area contributed by atoms with Crippen LogP contribution in [0.15, 0.2) is 24.3 Å². The summed E-state index contributed by atoms with van der Waals surface area (Å²) in [5.74, 6) is -1.35. The van der Waals surface area contributed by atoms with Crippen LogP contribution < -0.4 is 10.6 Å². The lowest BCUT2D eigenvalue weighted by Gasteiger charge is -2.14. The number of carbonyl (C=O) groups is 2. The molecule has 0 saturated carbocycles. The Hall–Kier alpha value is -1.59. The number of hydrogen-bond donors (Lipinski definition) is 3. The average molecular weight is 411 g/mol. The lowest BCUT2D eigenvalue weighted by molar-refractivity contribution is -0.141. The Morgan fingerprint density at radius 1 is 1.00 bits per heavy atom. The molecule has 0 spiro atoms. The SMILES string of the molecule is CCCCCCCCCCCCNC(CC(=O)Nc1cccc(Cl)c1)C(=O)O. The fourth-order valence-corrected chi connectivity index (χ4v) is 3.29. The van der Waals surface area contributed by atoms with Crippen molar-refractivity contribution in [3.8, 4) is 0 Å². The van der Waals surface area contributed by atoms with Crippen LogP contribution in [0, 0.1) is 0 Å². The lowest BCUT2D eigenvalue weighted by atomic mass is 10.1. The molecule has 0 radical (unpaired) electrons. The molecule has 1 rings (SSSR count). The highest BCUT2D eigenvalue weighted by molar-refractivity contribution is 6.30. The smallest absolute Gasteiger partial charge is 0.321 e. The highest BCUT2D eigenvalue weighted by Crippen LogP contribution is 2.15. The van der Waals surface area contributed by atoms with Gasteiger partial charge in [-0.15, -0.1) is 0 Å². The minimum atomic E-state index is -1.01. The van der Waals surface area contributed by atoms with Crippen LogP contribution in [0.4, 0.5) is 5.69 Å². The van der Waals surface area contributed by atoms with E-state index in [9.17, 15) is 14.7 Å². The molecule has 1 aromatic carbocycles. The van der Waals surface area contributed by atoms with E-state index in [0.717, 1.165) is 12.8 Å². The second-order valence-corrected chi connectivity index (χ2v) is 7.73. The maximum atomic E-state index is 12.1. The number of carbonyl (C=O) groups excluding carboxylic acids is 1. The number of carboxylic acids is 1. The second kappa shape index (κ2) is 15.3. The van der Waals surface area contributed by atoms with Crippen LogP contribution in [0.5, 0.6) is 0 Å². The zero-order valence-corrected chi connectivity index (χ0v) is 17.8. The molecular weight excluding hydrogens is 376 g/mol. The first-order valence-corrected chi connectivity index (χ1v) is 10.9. The maximum Gasteiger partial charge on any atom is 0.321 e.